The lowest BCUT2D eigenvalue weighted by Gasteiger charge is -2.46. The zero-order chi connectivity index (χ0) is 26.8. The van der Waals surface area contributed by atoms with E-state index in [2.05, 4.69) is 6.92 Å². The van der Waals surface area contributed by atoms with E-state index in [1.165, 1.54) is 0 Å². The van der Waals surface area contributed by atoms with Crippen molar-refractivity contribution in [1.82, 2.24) is 0 Å². The number of hydrogen-bond donors (Lipinski definition) is 8. The van der Waals surface area contributed by atoms with Gasteiger partial charge in [-0.15, -0.1) is 0 Å². The lowest BCUT2D eigenvalue weighted by molar-refractivity contribution is -0.364. The number of aliphatic hydroxyl groups is 8. The average molecular weight is 529 g/mol. The molecule has 214 valence electrons. The largest absolute Gasteiger partial charge is 0.394 e. The fourth-order valence-electron chi connectivity index (χ4n) is 4.26. The minimum absolute atomic E-state index is 0.0153. The normalized spacial score (nSPS) is 39.2. The number of ether oxygens (including phenoxy) is 5. The summed E-state index contributed by atoms with van der Waals surface area (Å²) < 4.78 is 27.9. The third kappa shape index (κ3) is 8.24. The van der Waals surface area contributed by atoms with Gasteiger partial charge in [-0.2, -0.15) is 0 Å². The summed E-state index contributed by atoms with van der Waals surface area (Å²) in [5.74, 6) is 0. The first-order valence-corrected chi connectivity index (χ1v) is 12.7. The van der Waals surface area contributed by atoms with E-state index in [1.807, 2.05) is 6.92 Å². The van der Waals surface area contributed by atoms with Gasteiger partial charge in [0.1, 0.15) is 54.9 Å². The number of rotatable bonds is 15. The Bertz CT molecular complexity index is 594. The Morgan fingerprint density at radius 2 is 1.36 bits per heavy atom. The lowest BCUT2D eigenvalue weighted by atomic mass is 9.97. The monoisotopic (exact) mass is 528 g/mol. The fraction of sp³-hybridized carbons (Fsp3) is 1.00. The fourth-order valence-corrected chi connectivity index (χ4v) is 4.26. The van der Waals surface area contributed by atoms with Crippen molar-refractivity contribution in [2.24, 2.45) is 0 Å². The number of aliphatic hydroxyl groups excluding tert-OH is 8. The molecule has 0 aromatic rings. The molecule has 2 saturated heterocycles. The Balaban J connectivity index is 1.99. The molecule has 0 spiro atoms. The molecule has 2 heterocycles. The van der Waals surface area contributed by atoms with Crippen molar-refractivity contribution in [1.29, 1.82) is 0 Å². The van der Waals surface area contributed by atoms with Gasteiger partial charge in [-0.05, 0) is 12.8 Å². The first-order valence-electron chi connectivity index (χ1n) is 12.7. The second-order valence-electron chi connectivity index (χ2n) is 9.30. The van der Waals surface area contributed by atoms with Gasteiger partial charge in [0.25, 0.3) is 0 Å². The van der Waals surface area contributed by atoms with E-state index in [9.17, 15) is 40.9 Å². The molecule has 2 fully saturated rings. The van der Waals surface area contributed by atoms with Gasteiger partial charge in [-0.3, -0.25) is 0 Å². The molecule has 0 aromatic heterocycles. The summed E-state index contributed by atoms with van der Waals surface area (Å²) in [5, 5.41) is 80.2. The highest BCUT2D eigenvalue weighted by Gasteiger charge is 2.51. The summed E-state index contributed by atoms with van der Waals surface area (Å²) in [5.41, 5.74) is 0. The van der Waals surface area contributed by atoms with Crippen molar-refractivity contribution in [2.45, 2.75) is 120 Å². The molecule has 13 nitrogen and oxygen atoms in total. The molecule has 0 radical (unpaired) electrons. The van der Waals surface area contributed by atoms with Crippen LogP contribution < -0.4 is 0 Å². The molecule has 0 saturated carbocycles. The smallest absolute Gasteiger partial charge is 0.187 e. The maximum Gasteiger partial charge on any atom is 0.187 e. The van der Waals surface area contributed by atoms with Crippen molar-refractivity contribution < 1.29 is 64.5 Å². The molecular formula is C23H44O13. The van der Waals surface area contributed by atoms with Gasteiger partial charge < -0.3 is 64.5 Å². The molecule has 12 atom stereocenters. The van der Waals surface area contributed by atoms with Gasteiger partial charge in [-0.25, -0.2) is 0 Å². The van der Waals surface area contributed by atoms with Crippen molar-refractivity contribution >= 4 is 0 Å². The van der Waals surface area contributed by atoms with Crippen LogP contribution in [0.25, 0.3) is 0 Å². The van der Waals surface area contributed by atoms with Crippen molar-refractivity contribution in [2.75, 3.05) is 26.4 Å². The van der Waals surface area contributed by atoms with Gasteiger partial charge in [0, 0.05) is 0 Å². The van der Waals surface area contributed by atoms with Crippen molar-refractivity contribution in [3.63, 3.8) is 0 Å². The lowest BCUT2D eigenvalue weighted by Crippen LogP contribution is -2.65. The average Bonchev–Trinajstić information content (AvgIpc) is 2.89. The van der Waals surface area contributed by atoms with Crippen LogP contribution in [0.5, 0.6) is 0 Å². The summed E-state index contributed by atoms with van der Waals surface area (Å²) in [4.78, 5) is 0. The van der Waals surface area contributed by atoms with Crippen LogP contribution in [0, 0.1) is 0 Å². The highest BCUT2D eigenvalue weighted by atomic mass is 16.7. The second-order valence-corrected chi connectivity index (χ2v) is 9.30. The standard InChI is InChI=1S/C23H44O13/c1-3-5-6-7-12(4-2)32-11-13(8-24)33-22-20(31)18(29)21(15(10-26)35-22)36-23-19(30)17(28)16(27)14(9-25)34-23/h12-31H,3-11H2,1-2H3/t12?,13?,14-,15-,16+,17+,18-,19-,20-,21-,22+,23+/m1/s1. The van der Waals surface area contributed by atoms with Gasteiger partial charge in [-0.1, -0.05) is 33.1 Å². The quantitative estimate of drug-likeness (QED) is 0.102. The molecule has 2 unspecified atom stereocenters. The van der Waals surface area contributed by atoms with Crippen LogP contribution in [0.3, 0.4) is 0 Å². The van der Waals surface area contributed by atoms with E-state index in [-0.39, 0.29) is 12.7 Å². The summed E-state index contributed by atoms with van der Waals surface area (Å²) >= 11 is 0. The van der Waals surface area contributed by atoms with Crippen molar-refractivity contribution in [3.05, 3.63) is 0 Å². The minimum atomic E-state index is -1.75. The maximum absolute atomic E-state index is 10.7. The van der Waals surface area contributed by atoms with E-state index < -0.39 is 87.3 Å². The third-order valence-electron chi connectivity index (χ3n) is 6.59. The molecular weight excluding hydrogens is 484 g/mol. The van der Waals surface area contributed by atoms with Crippen LogP contribution in [-0.2, 0) is 23.7 Å². The summed E-state index contributed by atoms with van der Waals surface area (Å²) in [7, 11) is 0. The van der Waals surface area contributed by atoms with Gasteiger partial charge in [0.05, 0.1) is 32.5 Å². The maximum atomic E-state index is 10.7. The van der Waals surface area contributed by atoms with Crippen LogP contribution in [0.15, 0.2) is 0 Å². The Hall–Kier alpha value is -0.520. The molecule has 0 aromatic carbocycles. The molecule has 0 amide bonds. The zero-order valence-electron chi connectivity index (χ0n) is 20.9. The number of hydrogen-bond acceptors (Lipinski definition) is 13. The molecule has 2 rings (SSSR count). The van der Waals surface area contributed by atoms with Crippen LogP contribution in [0.1, 0.15) is 46.0 Å². The summed E-state index contributed by atoms with van der Waals surface area (Å²) in [6.07, 6.45) is -11.5. The summed E-state index contributed by atoms with van der Waals surface area (Å²) in [6, 6.07) is 0. The first kappa shape index (κ1) is 31.7. The van der Waals surface area contributed by atoms with Gasteiger partial charge in [0.15, 0.2) is 12.6 Å². The van der Waals surface area contributed by atoms with Crippen LogP contribution in [0.2, 0.25) is 0 Å². The van der Waals surface area contributed by atoms with Crippen LogP contribution >= 0.6 is 0 Å². The highest BCUT2D eigenvalue weighted by Crippen LogP contribution is 2.30. The van der Waals surface area contributed by atoms with E-state index >= 15 is 0 Å². The molecule has 2 aliphatic heterocycles. The third-order valence-corrected chi connectivity index (χ3v) is 6.59. The van der Waals surface area contributed by atoms with Crippen molar-refractivity contribution in [3.8, 4) is 0 Å². The van der Waals surface area contributed by atoms with Crippen LogP contribution in [-0.4, -0.2) is 141 Å². The Labute approximate surface area is 211 Å². The number of unbranched alkanes of at least 4 members (excludes halogenated alkanes) is 2. The predicted molar refractivity (Wildman–Crippen MR) is 123 cm³/mol. The van der Waals surface area contributed by atoms with E-state index in [0.717, 1.165) is 32.1 Å². The zero-order valence-corrected chi connectivity index (χ0v) is 20.9. The molecule has 13 heteroatoms. The molecule has 0 aliphatic carbocycles. The van der Waals surface area contributed by atoms with E-state index in [1.54, 1.807) is 0 Å². The molecule has 8 N–H and O–H groups in total. The van der Waals surface area contributed by atoms with Gasteiger partial charge in [0.2, 0.25) is 0 Å². The van der Waals surface area contributed by atoms with E-state index in [4.69, 9.17) is 23.7 Å². The first-order chi connectivity index (χ1) is 17.2. The summed E-state index contributed by atoms with van der Waals surface area (Å²) in [6.45, 7) is 2.33. The topological polar surface area (TPSA) is 208 Å². The van der Waals surface area contributed by atoms with Gasteiger partial charge >= 0.3 is 0 Å². The Kier molecular flexibility index (Phi) is 13.9. The highest BCUT2D eigenvalue weighted by molar-refractivity contribution is 4.94. The SMILES string of the molecule is CCCCCC(CC)OCC(CO)O[C@H]1O[C@H](CO)[C@@H](O[C@@H]2O[C@H](CO)[C@H](O)[C@H](O)[C@H]2O)[C@H](O)[C@H]1O. The van der Waals surface area contributed by atoms with E-state index in [0.29, 0.717) is 0 Å². The minimum Gasteiger partial charge on any atom is -0.394 e. The van der Waals surface area contributed by atoms with Crippen LogP contribution in [0.4, 0.5) is 0 Å². The predicted octanol–water partition coefficient (Wildman–Crippen LogP) is -2.64. The molecule has 0 bridgehead atoms. The molecule has 2 aliphatic rings. The second kappa shape index (κ2) is 15.8. The molecule has 36 heavy (non-hydrogen) atoms. The Morgan fingerprint density at radius 1 is 0.722 bits per heavy atom. The Morgan fingerprint density at radius 3 is 1.94 bits per heavy atom.